The highest BCUT2D eigenvalue weighted by molar-refractivity contribution is 6.31. The van der Waals surface area contributed by atoms with Gasteiger partial charge in [-0.15, -0.1) is 0 Å². The van der Waals surface area contributed by atoms with E-state index >= 15 is 0 Å². The zero-order valence-electron chi connectivity index (χ0n) is 15.5. The Kier molecular flexibility index (Phi) is 4.85. The molecule has 2 N–H and O–H groups in total. The van der Waals surface area contributed by atoms with Gasteiger partial charge in [-0.25, -0.2) is 4.98 Å². The van der Waals surface area contributed by atoms with Crippen LogP contribution in [-0.4, -0.2) is 26.3 Å². The molecule has 30 heavy (non-hydrogen) atoms. The van der Waals surface area contributed by atoms with Gasteiger partial charge >= 0.3 is 5.69 Å². The van der Waals surface area contributed by atoms with E-state index in [1.165, 1.54) is 24.4 Å². The fourth-order valence-corrected chi connectivity index (χ4v) is 3.14. The number of hydrogen-bond acceptors (Lipinski definition) is 7. The summed E-state index contributed by atoms with van der Waals surface area (Å²) in [7, 11) is 0. The van der Waals surface area contributed by atoms with Crippen molar-refractivity contribution in [1.82, 2.24) is 4.98 Å². The van der Waals surface area contributed by atoms with Gasteiger partial charge in [0.2, 0.25) is 11.6 Å². The highest BCUT2D eigenvalue weighted by atomic mass is 35.5. The third-order valence-corrected chi connectivity index (χ3v) is 4.61. The maximum Gasteiger partial charge on any atom is 0.312 e. The van der Waals surface area contributed by atoms with Gasteiger partial charge in [-0.2, -0.15) is 0 Å². The lowest BCUT2D eigenvalue weighted by atomic mass is 10.1. The largest absolute Gasteiger partial charge is 0.507 e. The van der Waals surface area contributed by atoms with Crippen molar-refractivity contribution < 1.29 is 19.6 Å². The van der Waals surface area contributed by atoms with Crippen LogP contribution in [0.4, 0.5) is 11.4 Å². The van der Waals surface area contributed by atoms with E-state index in [4.69, 9.17) is 16.0 Å². The summed E-state index contributed by atoms with van der Waals surface area (Å²) in [4.78, 5) is 18.9. The molecule has 0 aliphatic carbocycles. The standard InChI is InChI=1S/C21H14ClN3O5/c1-11-2-5-19-16(6-11)24-21(30-19)15-9-14(3-4-18(15)26)23-10-12-7-13(22)8-17(20(12)27)25(28)29/h2-10,26-27H,1H3. The van der Waals surface area contributed by atoms with E-state index in [1.807, 2.05) is 19.1 Å². The Balaban J connectivity index is 1.72. The van der Waals surface area contributed by atoms with E-state index in [0.717, 1.165) is 11.6 Å². The van der Waals surface area contributed by atoms with Crippen LogP contribution in [-0.2, 0) is 0 Å². The van der Waals surface area contributed by atoms with Crippen LogP contribution in [0.1, 0.15) is 11.1 Å². The van der Waals surface area contributed by atoms with E-state index in [9.17, 15) is 20.3 Å². The molecule has 1 aromatic heterocycles. The molecule has 0 aliphatic rings. The molecule has 0 unspecified atom stereocenters. The second-order valence-electron chi connectivity index (χ2n) is 6.57. The molecule has 1 heterocycles. The maximum absolute atomic E-state index is 11.0. The number of nitro benzene ring substituents is 1. The number of oxazole rings is 1. The number of rotatable bonds is 4. The number of phenols is 2. The molecule has 0 aliphatic heterocycles. The quantitative estimate of drug-likeness (QED) is 0.253. The molecule has 0 amide bonds. The first-order valence-electron chi connectivity index (χ1n) is 8.73. The van der Waals surface area contributed by atoms with Crippen molar-refractivity contribution in [3.63, 3.8) is 0 Å². The summed E-state index contributed by atoms with van der Waals surface area (Å²) in [6.45, 7) is 1.94. The van der Waals surface area contributed by atoms with Crippen molar-refractivity contribution in [3.8, 4) is 23.0 Å². The third-order valence-electron chi connectivity index (χ3n) is 4.39. The second-order valence-corrected chi connectivity index (χ2v) is 7.01. The van der Waals surface area contributed by atoms with Gasteiger partial charge in [0.1, 0.15) is 11.3 Å². The Morgan fingerprint density at radius 2 is 1.97 bits per heavy atom. The van der Waals surface area contributed by atoms with Gasteiger partial charge in [0.25, 0.3) is 0 Å². The van der Waals surface area contributed by atoms with Crippen molar-refractivity contribution in [2.75, 3.05) is 0 Å². The van der Waals surface area contributed by atoms with Gasteiger partial charge in [-0.1, -0.05) is 17.7 Å². The van der Waals surface area contributed by atoms with Crippen LogP contribution in [0, 0.1) is 17.0 Å². The van der Waals surface area contributed by atoms with Crippen LogP contribution >= 0.6 is 11.6 Å². The normalized spacial score (nSPS) is 11.4. The second kappa shape index (κ2) is 7.49. The number of fused-ring (bicyclic) bond motifs is 1. The average Bonchev–Trinajstić information content (AvgIpc) is 3.12. The van der Waals surface area contributed by atoms with E-state index in [0.29, 0.717) is 22.4 Å². The molecule has 0 radical (unpaired) electrons. The number of hydrogen-bond donors (Lipinski definition) is 2. The minimum absolute atomic E-state index is 0.0431. The maximum atomic E-state index is 11.0. The predicted molar refractivity (Wildman–Crippen MR) is 113 cm³/mol. The van der Waals surface area contributed by atoms with Crippen molar-refractivity contribution in [1.29, 1.82) is 0 Å². The molecule has 9 heteroatoms. The smallest absolute Gasteiger partial charge is 0.312 e. The van der Waals surface area contributed by atoms with Crippen molar-refractivity contribution in [3.05, 3.63) is 74.8 Å². The van der Waals surface area contributed by atoms with E-state index < -0.39 is 16.4 Å². The van der Waals surface area contributed by atoms with E-state index in [1.54, 1.807) is 12.1 Å². The van der Waals surface area contributed by atoms with Crippen LogP contribution < -0.4 is 0 Å². The summed E-state index contributed by atoms with van der Waals surface area (Å²) < 4.78 is 5.73. The first-order valence-corrected chi connectivity index (χ1v) is 9.11. The van der Waals surface area contributed by atoms with Crippen LogP contribution in [0.3, 0.4) is 0 Å². The van der Waals surface area contributed by atoms with Gasteiger partial charge in [-0.05, 0) is 48.9 Å². The van der Waals surface area contributed by atoms with Gasteiger partial charge in [0, 0.05) is 22.9 Å². The highest BCUT2D eigenvalue weighted by Crippen LogP contribution is 2.35. The van der Waals surface area contributed by atoms with Crippen molar-refractivity contribution in [2.45, 2.75) is 6.92 Å². The van der Waals surface area contributed by atoms with Crippen molar-refractivity contribution >= 4 is 40.3 Å². The molecule has 0 atom stereocenters. The minimum atomic E-state index is -0.730. The monoisotopic (exact) mass is 423 g/mol. The van der Waals surface area contributed by atoms with Gasteiger partial charge in [0.05, 0.1) is 16.2 Å². The highest BCUT2D eigenvalue weighted by Gasteiger charge is 2.18. The number of aromatic nitrogens is 1. The van der Waals surface area contributed by atoms with Gasteiger partial charge in [0.15, 0.2) is 5.58 Å². The lowest BCUT2D eigenvalue weighted by molar-refractivity contribution is -0.385. The number of phenolic OH excluding ortho intramolecular Hbond substituents is 2. The SMILES string of the molecule is Cc1ccc2oc(-c3cc(N=Cc4cc(Cl)cc([N+](=O)[O-])c4O)ccc3O)nc2c1. The molecule has 4 rings (SSSR count). The summed E-state index contributed by atoms with van der Waals surface area (Å²) in [6.07, 6.45) is 1.25. The topological polar surface area (TPSA) is 122 Å². The Hall–Kier alpha value is -3.91. The number of aryl methyl sites for hydroxylation is 1. The lowest BCUT2D eigenvalue weighted by Gasteiger charge is -2.03. The van der Waals surface area contributed by atoms with Crippen molar-refractivity contribution in [2.24, 2.45) is 4.99 Å². The number of nitrogens with zero attached hydrogens (tertiary/aromatic N) is 3. The minimum Gasteiger partial charge on any atom is -0.507 e. The number of aliphatic imine (C=N–C) groups is 1. The van der Waals surface area contributed by atoms with E-state index in [2.05, 4.69) is 9.98 Å². The van der Waals surface area contributed by atoms with Gasteiger partial charge < -0.3 is 14.6 Å². The Bertz CT molecular complexity index is 1330. The molecular weight excluding hydrogens is 410 g/mol. The summed E-state index contributed by atoms with van der Waals surface area (Å²) in [5.74, 6) is -0.355. The molecule has 4 aromatic rings. The first kappa shape index (κ1) is 19.4. The molecule has 150 valence electrons. The molecule has 0 saturated carbocycles. The summed E-state index contributed by atoms with van der Waals surface area (Å²) >= 11 is 5.89. The van der Waals surface area contributed by atoms with Crippen LogP contribution in [0.15, 0.2) is 57.9 Å². The number of nitro groups is 1. The number of aromatic hydroxyl groups is 2. The third kappa shape index (κ3) is 3.68. The molecule has 0 spiro atoms. The molecular formula is C21H14ClN3O5. The average molecular weight is 424 g/mol. The van der Waals surface area contributed by atoms with Gasteiger partial charge in [-0.3, -0.25) is 15.1 Å². The molecule has 8 nitrogen and oxygen atoms in total. The Morgan fingerprint density at radius 1 is 1.17 bits per heavy atom. The zero-order valence-corrected chi connectivity index (χ0v) is 16.3. The zero-order chi connectivity index (χ0) is 21.4. The fourth-order valence-electron chi connectivity index (χ4n) is 2.92. The number of halogens is 1. The molecule has 3 aromatic carbocycles. The molecule has 0 bridgehead atoms. The van der Waals surface area contributed by atoms with Crippen LogP contribution in [0.5, 0.6) is 11.5 Å². The van der Waals surface area contributed by atoms with Crippen LogP contribution in [0.25, 0.3) is 22.6 Å². The summed E-state index contributed by atoms with van der Waals surface area (Å²) in [6, 6.07) is 12.5. The number of benzene rings is 3. The summed E-state index contributed by atoms with van der Waals surface area (Å²) in [5, 5.41) is 31.5. The predicted octanol–water partition coefficient (Wildman–Crippen LogP) is 5.53. The van der Waals surface area contributed by atoms with E-state index in [-0.39, 0.29) is 22.2 Å². The Morgan fingerprint density at radius 3 is 2.73 bits per heavy atom. The fraction of sp³-hybridized carbons (Fsp3) is 0.0476. The lowest BCUT2D eigenvalue weighted by Crippen LogP contribution is -1.92. The molecule has 0 fully saturated rings. The van der Waals surface area contributed by atoms with Crippen LogP contribution in [0.2, 0.25) is 5.02 Å². The first-order chi connectivity index (χ1) is 14.3. The Labute approximate surface area is 174 Å². The summed E-state index contributed by atoms with van der Waals surface area (Å²) in [5.41, 5.74) is 2.58. The molecule has 0 saturated heterocycles.